The molecular weight excluding hydrogens is 279 g/mol. The van der Waals surface area contributed by atoms with Crippen molar-refractivity contribution in [1.29, 1.82) is 0 Å². The average molecular weight is 308 g/mol. The Balaban J connectivity index is 2.32. The summed E-state index contributed by atoms with van der Waals surface area (Å²) < 4.78 is 12.8. The van der Waals surface area contributed by atoms with Crippen LogP contribution in [-0.2, 0) is 6.42 Å². The SMILES string of the molecule is CCN(CC)C(C)CNC(=NC)NCCc1ccc(F)cc1. The Bertz CT molecular complexity index is 440. The van der Waals surface area contributed by atoms with Gasteiger partial charge in [-0.2, -0.15) is 0 Å². The molecule has 1 rings (SSSR count). The number of nitrogens with zero attached hydrogens (tertiary/aromatic N) is 2. The molecule has 0 aromatic heterocycles. The molecule has 0 radical (unpaired) electrons. The summed E-state index contributed by atoms with van der Waals surface area (Å²) >= 11 is 0. The lowest BCUT2D eigenvalue weighted by molar-refractivity contribution is 0.231. The van der Waals surface area contributed by atoms with Crippen molar-refractivity contribution in [2.45, 2.75) is 33.2 Å². The second-order valence-corrected chi connectivity index (χ2v) is 5.33. The summed E-state index contributed by atoms with van der Waals surface area (Å²) in [6, 6.07) is 7.08. The van der Waals surface area contributed by atoms with Gasteiger partial charge in [-0.1, -0.05) is 26.0 Å². The molecule has 1 atom stereocenters. The first kappa shape index (κ1) is 18.4. The van der Waals surface area contributed by atoms with Gasteiger partial charge in [-0.15, -0.1) is 0 Å². The minimum absolute atomic E-state index is 0.195. The third-order valence-electron chi connectivity index (χ3n) is 3.84. The van der Waals surface area contributed by atoms with E-state index in [9.17, 15) is 4.39 Å². The lowest BCUT2D eigenvalue weighted by atomic mass is 10.1. The van der Waals surface area contributed by atoms with E-state index in [0.29, 0.717) is 6.04 Å². The number of hydrogen-bond donors (Lipinski definition) is 2. The smallest absolute Gasteiger partial charge is 0.191 e. The number of nitrogens with one attached hydrogen (secondary N) is 2. The monoisotopic (exact) mass is 308 g/mol. The van der Waals surface area contributed by atoms with Crippen LogP contribution in [-0.4, -0.2) is 50.1 Å². The van der Waals surface area contributed by atoms with Gasteiger partial charge < -0.3 is 10.6 Å². The Labute approximate surface area is 133 Å². The van der Waals surface area contributed by atoms with Crippen molar-refractivity contribution in [3.05, 3.63) is 35.6 Å². The zero-order chi connectivity index (χ0) is 16.4. The molecule has 0 aliphatic carbocycles. The molecule has 0 heterocycles. The van der Waals surface area contributed by atoms with Gasteiger partial charge in [-0.3, -0.25) is 9.89 Å². The molecule has 4 nitrogen and oxygen atoms in total. The third-order valence-corrected chi connectivity index (χ3v) is 3.84. The third kappa shape index (κ3) is 6.43. The van der Waals surface area contributed by atoms with Gasteiger partial charge >= 0.3 is 0 Å². The highest BCUT2D eigenvalue weighted by Crippen LogP contribution is 2.02. The summed E-state index contributed by atoms with van der Waals surface area (Å²) in [5, 5.41) is 6.64. The second kappa shape index (κ2) is 10.2. The van der Waals surface area contributed by atoms with E-state index in [1.165, 1.54) is 12.1 Å². The van der Waals surface area contributed by atoms with E-state index >= 15 is 0 Å². The summed E-state index contributed by atoms with van der Waals surface area (Å²) in [6.07, 6.45) is 0.840. The molecular formula is C17H29FN4. The number of rotatable bonds is 8. The molecule has 5 heteroatoms. The number of likely N-dealkylation sites (N-methyl/N-ethyl adjacent to an activating group) is 1. The molecule has 1 aromatic rings. The molecule has 0 saturated heterocycles. The molecule has 2 N–H and O–H groups in total. The Morgan fingerprint density at radius 2 is 1.82 bits per heavy atom. The maximum Gasteiger partial charge on any atom is 0.191 e. The largest absolute Gasteiger partial charge is 0.356 e. The molecule has 1 unspecified atom stereocenters. The van der Waals surface area contributed by atoms with Crippen molar-refractivity contribution in [3.8, 4) is 0 Å². The topological polar surface area (TPSA) is 39.7 Å². The van der Waals surface area contributed by atoms with Crippen LogP contribution in [0.15, 0.2) is 29.3 Å². The molecule has 0 aliphatic rings. The van der Waals surface area contributed by atoms with Crippen LogP contribution in [0.1, 0.15) is 26.3 Å². The number of hydrogen-bond acceptors (Lipinski definition) is 2. The number of guanidine groups is 1. The quantitative estimate of drug-likeness (QED) is 0.572. The first-order valence-electron chi connectivity index (χ1n) is 8.03. The molecule has 0 bridgehead atoms. The highest BCUT2D eigenvalue weighted by atomic mass is 19.1. The predicted octanol–water partition coefficient (Wildman–Crippen LogP) is 2.26. The fraction of sp³-hybridized carbons (Fsp3) is 0.588. The van der Waals surface area contributed by atoms with Gasteiger partial charge in [0, 0.05) is 26.2 Å². The van der Waals surface area contributed by atoms with Crippen molar-refractivity contribution in [2.24, 2.45) is 4.99 Å². The number of benzene rings is 1. The normalized spacial score (nSPS) is 13.3. The van der Waals surface area contributed by atoms with Gasteiger partial charge in [0.25, 0.3) is 0 Å². The summed E-state index contributed by atoms with van der Waals surface area (Å²) in [5.74, 6) is 0.612. The second-order valence-electron chi connectivity index (χ2n) is 5.33. The number of halogens is 1. The summed E-state index contributed by atoms with van der Waals surface area (Å²) in [7, 11) is 1.77. The summed E-state index contributed by atoms with van der Waals surface area (Å²) in [6.45, 7) is 10.3. The van der Waals surface area contributed by atoms with Crippen LogP contribution in [0.25, 0.3) is 0 Å². The van der Waals surface area contributed by atoms with Gasteiger partial charge in [0.15, 0.2) is 5.96 Å². The molecule has 0 fully saturated rings. The predicted molar refractivity (Wildman–Crippen MR) is 91.9 cm³/mol. The van der Waals surface area contributed by atoms with E-state index < -0.39 is 0 Å². The zero-order valence-electron chi connectivity index (χ0n) is 14.2. The lowest BCUT2D eigenvalue weighted by Crippen LogP contribution is -2.46. The van der Waals surface area contributed by atoms with Gasteiger partial charge in [0.05, 0.1) is 0 Å². The minimum atomic E-state index is -0.195. The van der Waals surface area contributed by atoms with Crippen LogP contribution < -0.4 is 10.6 Å². The molecule has 0 saturated carbocycles. The molecule has 0 spiro atoms. The van der Waals surface area contributed by atoms with Crippen molar-refractivity contribution < 1.29 is 4.39 Å². The van der Waals surface area contributed by atoms with E-state index in [2.05, 4.69) is 41.3 Å². The Kier molecular flexibility index (Phi) is 8.51. The summed E-state index contributed by atoms with van der Waals surface area (Å²) in [4.78, 5) is 6.63. The molecule has 124 valence electrons. The van der Waals surface area contributed by atoms with E-state index in [0.717, 1.165) is 44.1 Å². The van der Waals surface area contributed by atoms with Crippen molar-refractivity contribution in [3.63, 3.8) is 0 Å². The van der Waals surface area contributed by atoms with Crippen molar-refractivity contribution >= 4 is 5.96 Å². The molecule has 0 aliphatic heterocycles. The Hall–Kier alpha value is -1.62. The first-order chi connectivity index (χ1) is 10.6. The van der Waals surface area contributed by atoms with E-state index in [1.54, 1.807) is 7.05 Å². The van der Waals surface area contributed by atoms with Gasteiger partial charge in [-0.25, -0.2) is 4.39 Å². The van der Waals surface area contributed by atoms with E-state index in [-0.39, 0.29) is 5.82 Å². The standard InChI is InChI=1S/C17H29FN4/c1-5-22(6-2)14(3)13-21-17(19-4)20-12-11-15-7-9-16(18)10-8-15/h7-10,14H,5-6,11-13H2,1-4H3,(H2,19,20,21). The van der Waals surface area contributed by atoms with E-state index in [4.69, 9.17) is 0 Å². The highest BCUT2D eigenvalue weighted by molar-refractivity contribution is 5.79. The lowest BCUT2D eigenvalue weighted by Gasteiger charge is -2.27. The molecule has 22 heavy (non-hydrogen) atoms. The Morgan fingerprint density at radius 3 is 2.36 bits per heavy atom. The average Bonchev–Trinajstić information content (AvgIpc) is 2.53. The highest BCUT2D eigenvalue weighted by Gasteiger charge is 2.10. The van der Waals surface area contributed by atoms with Crippen LogP contribution in [0.3, 0.4) is 0 Å². The molecule has 1 aromatic carbocycles. The van der Waals surface area contributed by atoms with Crippen LogP contribution in [0, 0.1) is 5.82 Å². The van der Waals surface area contributed by atoms with Gasteiger partial charge in [0.2, 0.25) is 0 Å². The van der Waals surface area contributed by atoms with Gasteiger partial charge in [0.1, 0.15) is 5.82 Å². The minimum Gasteiger partial charge on any atom is -0.356 e. The van der Waals surface area contributed by atoms with Crippen molar-refractivity contribution in [2.75, 3.05) is 33.2 Å². The maximum absolute atomic E-state index is 12.8. The van der Waals surface area contributed by atoms with Crippen LogP contribution in [0.5, 0.6) is 0 Å². The first-order valence-corrected chi connectivity index (χ1v) is 8.03. The maximum atomic E-state index is 12.8. The fourth-order valence-corrected chi connectivity index (χ4v) is 2.42. The number of aliphatic imine (C=N–C) groups is 1. The molecule has 0 amide bonds. The van der Waals surface area contributed by atoms with Crippen LogP contribution >= 0.6 is 0 Å². The Morgan fingerprint density at radius 1 is 1.18 bits per heavy atom. The van der Waals surface area contributed by atoms with Crippen LogP contribution in [0.4, 0.5) is 4.39 Å². The summed E-state index contributed by atoms with van der Waals surface area (Å²) in [5.41, 5.74) is 1.11. The van der Waals surface area contributed by atoms with E-state index in [1.807, 2.05) is 12.1 Å². The fourth-order valence-electron chi connectivity index (χ4n) is 2.42. The van der Waals surface area contributed by atoms with Gasteiger partial charge in [-0.05, 0) is 44.1 Å². The zero-order valence-corrected chi connectivity index (χ0v) is 14.2. The van der Waals surface area contributed by atoms with Crippen LogP contribution in [0.2, 0.25) is 0 Å². The van der Waals surface area contributed by atoms with Crippen molar-refractivity contribution in [1.82, 2.24) is 15.5 Å².